The van der Waals surface area contributed by atoms with Crippen molar-refractivity contribution in [2.45, 2.75) is 25.4 Å². The SMILES string of the molecule is COc1ccccc1C(=O)C(=O)N[C@H]1CN(C(C)=O)c2ccccc2N(CC(=O)N[C@H](C=O)CC(=O)O)C1=O. The van der Waals surface area contributed by atoms with E-state index in [1.165, 1.54) is 49.3 Å². The first kappa shape index (κ1) is 28.5. The van der Waals surface area contributed by atoms with Crippen LogP contribution >= 0.6 is 0 Å². The second kappa shape index (κ2) is 12.4. The quantitative estimate of drug-likeness (QED) is 0.212. The first-order chi connectivity index (χ1) is 18.6. The predicted molar refractivity (Wildman–Crippen MR) is 136 cm³/mol. The molecule has 0 unspecified atom stereocenters. The number of anilines is 2. The minimum atomic E-state index is -1.44. The maximum atomic E-state index is 13.7. The average Bonchev–Trinajstić information content (AvgIpc) is 3.02. The third kappa shape index (κ3) is 6.63. The van der Waals surface area contributed by atoms with Gasteiger partial charge in [0.05, 0.1) is 43.1 Å². The topological polar surface area (TPSA) is 179 Å². The fourth-order valence-corrected chi connectivity index (χ4v) is 4.05. The van der Waals surface area contributed by atoms with Crippen molar-refractivity contribution < 1.29 is 43.4 Å². The number of nitrogens with zero attached hydrogens (tertiary/aromatic N) is 2. The van der Waals surface area contributed by atoms with Crippen molar-refractivity contribution in [3.8, 4) is 5.75 Å². The summed E-state index contributed by atoms with van der Waals surface area (Å²) in [6, 6.07) is 9.43. The number of carboxylic acids is 1. The van der Waals surface area contributed by atoms with Crippen LogP contribution in [0.2, 0.25) is 0 Å². The maximum Gasteiger partial charge on any atom is 0.305 e. The summed E-state index contributed by atoms with van der Waals surface area (Å²) >= 11 is 0. The summed E-state index contributed by atoms with van der Waals surface area (Å²) in [7, 11) is 1.33. The first-order valence-electron chi connectivity index (χ1n) is 11.7. The minimum absolute atomic E-state index is 0.0418. The number of Topliss-reactive ketones (excluding diaryl/α,β-unsaturated/α-hetero) is 1. The molecule has 0 radical (unpaired) electrons. The van der Waals surface area contributed by atoms with Crippen molar-refractivity contribution >= 4 is 53.0 Å². The number of ether oxygens (including phenoxy) is 1. The summed E-state index contributed by atoms with van der Waals surface area (Å²) in [4.78, 5) is 89.1. The first-order valence-corrected chi connectivity index (χ1v) is 11.7. The zero-order valence-electron chi connectivity index (χ0n) is 21.1. The maximum absolute atomic E-state index is 13.7. The molecule has 0 saturated heterocycles. The lowest BCUT2D eigenvalue weighted by atomic mass is 10.1. The Hall–Kier alpha value is -5.07. The highest BCUT2D eigenvalue weighted by atomic mass is 16.5. The predicted octanol–water partition coefficient (Wildman–Crippen LogP) is -0.0792. The third-order valence-electron chi connectivity index (χ3n) is 5.84. The molecule has 1 heterocycles. The van der Waals surface area contributed by atoms with Gasteiger partial charge in [-0.15, -0.1) is 0 Å². The van der Waals surface area contributed by atoms with Crippen molar-refractivity contribution in [3.63, 3.8) is 0 Å². The van der Waals surface area contributed by atoms with Crippen molar-refractivity contribution in [3.05, 3.63) is 54.1 Å². The molecule has 0 fully saturated rings. The van der Waals surface area contributed by atoms with E-state index in [1.807, 2.05) is 0 Å². The highest BCUT2D eigenvalue weighted by Gasteiger charge is 2.38. The second-order valence-corrected chi connectivity index (χ2v) is 8.51. The van der Waals surface area contributed by atoms with Crippen LogP contribution in [0.1, 0.15) is 23.7 Å². The molecule has 0 aromatic heterocycles. The second-order valence-electron chi connectivity index (χ2n) is 8.51. The third-order valence-corrected chi connectivity index (χ3v) is 5.84. The molecule has 4 amide bonds. The van der Waals surface area contributed by atoms with E-state index in [-0.39, 0.29) is 35.5 Å². The van der Waals surface area contributed by atoms with Gasteiger partial charge in [-0.05, 0) is 24.3 Å². The van der Waals surface area contributed by atoms with E-state index >= 15 is 0 Å². The fraction of sp³-hybridized carbons (Fsp3) is 0.269. The Balaban J connectivity index is 1.94. The Labute approximate surface area is 222 Å². The van der Waals surface area contributed by atoms with E-state index in [9.17, 15) is 33.6 Å². The van der Waals surface area contributed by atoms with E-state index in [4.69, 9.17) is 9.84 Å². The van der Waals surface area contributed by atoms with Gasteiger partial charge in [0.15, 0.2) is 0 Å². The van der Waals surface area contributed by atoms with E-state index in [0.29, 0.717) is 0 Å². The van der Waals surface area contributed by atoms with Gasteiger partial charge in [0, 0.05) is 6.92 Å². The van der Waals surface area contributed by atoms with E-state index in [1.54, 1.807) is 18.2 Å². The molecule has 0 saturated carbocycles. The summed E-state index contributed by atoms with van der Waals surface area (Å²) in [5.74, 6) is -5.44. The normalized spacial score (nSPS) is 15.3. The molecule has 1 aliphatic rings. The molecule has 13 heteroatoms. The van der Waals surface area contributed by atoms with Crippen molar-refractivity contribution in [2.24, 2.45) is 0 Å². The Morgan fingerprint density at radius 2 is 1.72 bits per heavy atom. The molecule has 13 nitrogen and oxygen atoms in total. The van der Waals surface area contributed by atoms with Crippen LogP contribution in [-0.4, -0.2) is 79.1 Å². The van der Waals surface area contributed by atoms with Crippen molar-refractivity contribution in [1.29, 1.82) is 0 Å². The van der Waals surface area contributed by atoms with Crippen molar-refractivity contribution in [2.75, 3.05) is 30.0 Å². The zero-order valence-corrected chi connectivity index (χ0v) is 21.1. The molecule has 204 valence electrons. The zero-order chi connectivity index (χ0) is 28.7. The lowest BCUT2D eigenvalue weighted by molar-refractivity contribution is -0.139. The van der Waals surface area contributed by atoms with Crippen molar-refractivity contribution in [1.82, 2.24) is 10.6 Å². The van der Waals surface area contributed by atoms with E-state index in [0.717, 1.165) is 4.90 Å². The molecule has 0 spiro atoms. The number of ketones is 1. The minimum Gasteiger partial charge on any atom is -0.496 e. The van der Waals surface area contributed by atoms with Gasteiger partial charge < -0.3 is 30.2 Å². The molecule has 1 aliphatic heterocycles. The molecule has 2 aromatic carbocycles. The molecule has 39 heavy (non-hydrogen) atoms. The molecule has 0 aliphatic carbocycles. The average molecular weight is 539 g/mol. The highest BCUT2D eigenvalue weighted by molar-refractivity contribution is 6.43. The number of carboxylic acid groups (broad SMARTS) is 1. The van der Waals surface area contributed by atoms with Gasteiger partial charge in [0.2, 0.25) is 11.8 Å². The summed E-state index contributed by atoms with van der Waals surface area (Å²) in [6.45, 7) is 0.242. The summed E-state index contributed by atoms with van der Waals surface area (Å²) < 4.78 is 5.13. The number of nitrogens with one attached hydrogen (secondary N) is 2. The molecule has 0 bridgehead atoms. The summed E-state index contributed by atoms with van der Waals surface area (Å²) in [5.41, 5.74) is 0.373. The number of carbonyl (C=O) groups is 7. The number of methoxy groups -OCH3 is 1. The highest BCUT2D eigenvalue weighted by Crippen LogP contribution is 2.33. The van der Waals surface area contributed by atoms with Gasteiger partial charge in [-0.3, -0.25) is 33.7 Å². The number of hydrogen-bond donors (Lipinski definition) is 3. The largest absolute Gasteiger partial charge is 0.496 e. The van der Waals surface area contributed by atoms with Crippen LogP contribution < -0.4 is 25.2 Å². The van der Waals surface area contributed by atoms with Gasteiger partial charge in [-0.2, -0.15) is 0 Å². The number of carbonyl (C=O) groups excluding carboxylic acids is 6. The van der Waals surface area contributed by atoms with Crippen LogP contribution in [0.5, 0.6) is 5.75 Å². The lowest BCUT2D eigenvalue weighted by Crippen LogP contribution is -2.55. The van der Waals surface area contributed by atoms with Crippen LogP contribution in [0.4, 0.5) is 11.4 Å². The van der Waals surface area contributed by atoms with E-state index < -0.39 is 60.4 Å². The van der Waals surface area contributed by atoms with Crippen LogP contribution in [0.15, 0.2) is 48.5 Å². The van der Waals surface area contributed by atoms with E-state index in [2.05, 4.69) is 10.6 Å². The molecular formula is C26H26N4O9. The van der Waals surface area contributed by atoms with Crippen LogP contribution in [0.3, 0.4) is 0 Å². The number of amides is 4. The number of benzene rings is 2. The Bertz CT molecular complexity index is 1330. The molecule has 3 N–H and O–H groups in total. The number of para-hydroxylation sites is 3. The number of aldehydes is 1. The monoisotopic (exact) mass is 538 g/mol. The van der Waals surface area contributed by atoms with Gasteiger partial charge >= 0.3 is 5.97 Å². The smallest absolute Gasteiger partial charge is 0.305 e. The Kier molecular flexibility index (Phi) is 9.10. The number of rotatable bonds is 10. The molecule has 2 aromatic rings. The summed E-state index contributed by atoms with van der Waals surface area (Å²) in [5, 5.41) is 13.5. The van der Waals surface area contributed by atoms with Crippen LogP contribution in [0.25, 0.3) is 0 Å². The van der Waals surface area contributed by atoms with Gasteiger partial charge in [0.1, 0.15) is 24.6 Å². The van der Waals surface area contributed by atoms with Crippen LogP contribution in [0, 0.1) is 0 Å². The van der Waals surface area contributed by atoms with Gasteiger partial charge in [0.25, 0.3) is 17.6 Å². The standard InChI is InChI=1S/C26H26N4O9/c1-15(32)29-12-18(28-25(37)24(36)17-7-3-6-10-21(17)39-2)26(38)30(20-9-5-4-8-19(20)29)13-22(33)27-16(14-31)11-23(34)35/h3-10,14,16,18H,11-13H2,1-2H3,(H,27,33)(H,28,37)(H,34,35)/t16-,18-/m0/s1. The number of aliphatic carboxylic acids is 1. The molecule has 3 rings (SSSR count). The van der Waals surface area contributed by atoms with Gasteiger partial charge in [-0.25, -0.2) is 0 Å². The lowest BCUT2D eigenvalue weighted by Gasteiger charge is -2.25. The molecular weight excluding hydrogens is 512 g/mol. The fourth-order valence-electron chi connectivity index (χ4n) is 4.05. The Morgan fingerprint density at radius 1 is 1.08 bits per heavy atom. The molecule has 2 atom stereocenters. The van der Waals surface area contributed by atoms with Crippen LogP contribution in [-0.2, 0) is 28.8 Å². The summed E-state index contributed by atoms with van der Waals surface area (Å²) in [6.07, 6.45) is -0.407. The van der Waals surface area contributed by atoms with Gasteiger partial charge in [-0.1, -0.05) is 24.3 Å². The Morgan fingerprint density at radius 3 is 2.33 bits per heavy atom. The number of fused-ring (bicyclic) bond motifs is 1. The number of hydrogen-bond acceptors (Lipinski definition) is 8.